The minimum Gasteiger partial charge on any atom is -0.382 e. The van der Waals surface area contributed by atoms with E-state index in [1.165, 1.54) is 12.8 Å². The lowest BCUT2D eigenvalue weighted by Gasteiger charge is -1.97. The van der Waals surface area contributed by atoms with Gasteiger partial charge in [0.1, 0.15) is 0 Å². The van der Waals surface area contributed by atoms with Crippen LogP contribution in [0.15, 0.2) is 0 Å². The average Bonchev–Trinajstić information content (AvgIpc) is 2.35. The second kappa shape index (κ2) is 36.0. The fraction of sp³-hybridized carbons (Fsp3) is 1.00. The minimum absolute atomic E-state index is 0. The van der Waals surface area contributed by atoms with Crippen LogP contribution in [0.2, 0.25) is 0 Å². The van der Waals surface area contributed by atoms with Crippen LogP contribution in [0.5, 0.6) is 0 Å². The van der Waals surface area contributed by atoms with Gasteiger partial charge in [-0.15, -0.1) is 0 Å². The van der Waals surface area contributed by atoms with Crippen LogP contribution in [-0.4, -0.2) is 43.0 Å². The van der Waals surface area contributed by atoms with Crippen LogP contribution in [0, 0.1) is 0 Å². The normalized spacial score (nSPS) is 8.06. The summed E-state index contributed by atoms with van der Waals surface area (Å²) in [6.45, 7) is 12.1. The highest BCUT2D eigenvalue weighted by molar-refractivity contribution is 5.96. The molecule has 0 aromatic rings. The Morgan fingerprint density at radius 1 is 0.765 bits per heavy atom. The third kappa shape index (κ3) is 49.0. The zero-order chi connectivity index (χ0) is 13.1. The lowest BCUT2D eigenvalue weighted by atomic mass is 10.4. The second-order valence-corrected chi connectivity index (χ2v) is 3.16. The third-order valence-corrected chi connectivity index (χ3v) is 1.54. The van der Waals surface area contributed by atoms with E-state index in [4.69, 9.17) is 13.8 Å². The summed E-state index contributed by atoms with van der Waals surface area (Å²) < 4.78 is 19.2. The summed E-state index contributed by atoms with van der Waals surface area (Å²) in [6, 6.07) is 0. The molecule has 5 heteroatoms. The summed E-state index contributed by atoms with van der Waals surface area (Å²) in [5, 5.41) is 0. The lowest BCUT2D eigenvalue weighted by molar-refractivity contribution is 0.132. The van der Waals surface area contributed by atoms with Crippen molar-refractivity contribution in [2.24, 2.45) is 0 Å². The second-order valence-electron chi connectivity index (χ2n) is 3.16. The average molecular weight is 245 g/mol. The summed E-state index contributed by atoms with van der Waals surface area (Å²) >= 11 is 0. The SMILES string of the molecule is CCCCOCCC.CCCOCC.[B].[B]F. The van der Waals surface area contributed by atoms with Gasteiger partial charge in [-0.1, -0.05) is 27.2 Å². The third-order valence-electron chi connectivity index (χ3n) is 1.54. The van der Waals surface area contributed by atoms with Gasteiger partial charge >= 0.3 is 8.12 Å². The van der Waals surface area contributed by atoms with Crippen molar-refractivity contribution in [2.75, 3.05) is 26.4 Å². The Kier molecular flexibility index (Phi) is 54.5. The Morgan fingerprint density at radius 2 is 1.24 bits per heavy atom. The molecule has 0 aliphatic carbocycles. The molecule has 0 amide bonds. The van der Waals surface area contributed by atoms with E-state index in [2.05, 4.69) is 28.9 Å². The van der Waals surface area contributed by atoms with Crippen LogP contribution in [0.25, 0.3) is 0 Å². The fourth-order valence-corrected chi connectivity index (χ4v) is 0.781. The van der Waals surface area contributed by atoms with E-state index in [1.54, 1.807) is 0 Å². The number of rotatable bonds is 8. The first-order valence-electron chi connectivity index (χ1n) is 6.20. The minimum atomic E-state index is 0. The Bertz CT molecular complexity index is 78.9. The predicted molar refractivity (Wildman–Crippen MR) is 75.4 cm³/mol. The van der Waals surface area contributed by atoms with Crippen molar-refractivity contribution in [2.45, 2.75) is 53.4 Å². The molecule has 0 bridgehead atoms. The first kappa shape index (κ1) is 25.7. The van der Waals surface area contributed by atoms with Crippen molar-refractivity contribution in [1.82, 2.24) is 0 Å². The van der Waals surface area contributed by atoms with Gasteiger partial charge < -0.3 is 13.8 Å². The van der Waals surface area contributed by atoms with Gasteiger partial charge in [-0.3, -0.25) is 0 Å². The molecule has 0 aliphatic rings. The highest BCUT2D eigenvalue weighted by atomic mass is 19.1. The monoisotopic (exact) mass is 245 g/mol. The molecule has 17 heavy (non-hydrogen) atoms. The largest absolute Gasteiger partial charge is 0.382 e. The smallest absolute Gasteiger partial charge is 0.350 e. The summed E-state index contributed by atoms with van der Waals surface area (Å²) in [4.78, 5) is 0. The van der Waals surface area contributed by atoms with Crippen molar-refractivity contribution < 1.29 is 13.8 Å². The molecule has 0 unspecified atom stereocenters. The maximum absolute atomic E-state index is 9.00. The number of hydrogen-bond acceptors (Lipinski definition) is 2. The number of ether oxygens (including phenoxy) is 2. The molecule has 0 aromatic carbocycles. The van der Waals surface area contributed by atoms with Crippen LogP contribution in [0.3, 0.4) is 0 Å². The topological polar surface area (TPSA) is 18.5 Å². The van der Waals surface area contributed by atoms with Gasteiger partial charge in [-0.2, -0.15) is 0 Å². The van der Waals surface area contributed by atoms with Crippen molar-refractivity contribution in [1.29, 1.82) is 0 Å². The van der Waals surface area contributed by atoms with E-state index >= 15 is 0 Å². The van der Waals surface area contributed by atoms with E-state index in [0.717, 1.165) is 39.3 Å². The molecule has 0 fully saturated rings. The van der Waals surface area contributed by atoms with Crippen molar-refractivity contribution in [3.05, 3.63) is 0 Å². The Labute approximate surface area is 111 Å². The molecular weight excluding hydrogens is 217 g/mol. The molecule has 0 saturated carbocycles. The van der Waals surface area contributed by atoms with E-state index in [9.17, 15) is 0 Å². The summed E-state index contributed by atoms with van der Waals surface area (Å²) in [6.07, 6.45) is 4.72. The molecule has 0 saturated heterocycles. The van der Waals surface area contributed by atoms with Gasteiger partial charge in [-0.05, 0) is 26.2 Å². The quantitative estimate of drug-likeness (QED) is 0.482. The Hall–Kier alpha value is -0.0201. The zero-order valence-electron chi connectivity index (χ0n) is 12.0. The van der Waals surface area contributed by atoms with Crippen LogP contribution in [-0.2, 0) is 9.47 Å². The fourth-order valence-electron chi connectivity index (χ4n) is 0.781. The van der Waals surface area contributed by atoms with Crippen molar-refractivity contribution in [3.63, 3.8) is 0 Å². The molecule has 0 aliphatic heterocycles. The summed E-state index contributed by atoms with van der Waals surface area (Å²) in [5.41, 5.74) is 0. The van der Waals surface area contributed by atoms with E-state index in [0.29, 0.717) is 0 Å². The molecule has 0 atom stereocenters. The van der Waals surface area contributed by atoms with Crippen LogP contribution >= 0.6 is 0 Å². The molecule has 5 radical (unpaired) electrons. The van der Waals surface area contributed by atoms with Gasteiger partial charge in [0.05, 0.1) is 0 Å². The zero-order valence-corrected chi connectivity index (χ0v) is 12.0. The predicted octanol–water partition coefficient (Wildman–Crippen LogP) is 3.30. The van der Waals surface area contributed by atoms with Gasteiger partial charge in [0.15, 0.2) is 0 Å². The molecule has 0 rings (SSSR count). The number of unbranched alkanes of at least 4 members (excludes halogenated alkanes) is 1. The first-order chi connectivity index (χ1) is 7.83. The standard InChI is InChI=1S/C7H16O.C5H12O.BF.B/c1-3-5-7-8-6-4-2;1-3-5-6-4-2;1-2;/h3-7H2,1-2H3;3-5H2,1-2H3;;. The van der Waals surface area contributed by atoms with Crippen LogP contribution < -0.4 is 0 Å². The highest BCUT2D eigenvalue weighted by Gasteiger charge is 1.81. The number of hydrogen-bond donors (Lipinski definition) is 0. The maximum Gasteiger partial charge on any atom is 0.350 e. The molecule has 0 heterocycles. The molecule has 0 aromatic heterocycles. The molecule has 0 N–H and O–H groups in total. The Morgan fingerprint density at radius 3 is 1.53 bits per heavy atom. The van der Waals surface area contributed by atoms with Gasteiger partial charge in [0, 0.05) is 34.8 Å². The van der Waals surface area contributed by atoms with Crippen molar-refractivity contribution in [3.8, 4) is 0 Å². The highest BCUT2D eigenvalue weighted by Crippen LogP contribution is 1.88. The van der Waals surface area contributed by atoms with Gasteiger partial charge in [0.25, 0.3) is 0 Å². The molecule has 101 valence electrons. The van der Waals surface area contributed by atoms with Crippen LogP contribution in [0.4, 0.5) is 4.32 Å². The molecule has 2 nitrogen and oxygen atoms in total. The van der Waals surface area contributed by atoms with Gasteiger partial charge in [0.2, 0.25) is 0 Å². The van der Waals surface area contributed by atoms with E-state index in [-0.39, 0.29) is 8.41 Å². The summed E-state index contributed by atoms with van der Waals surface area (Å²) in [5.74, 6) is 0. The van der Waals surface area contributed by atoms with Gasteiger partial charge in [-0.25, -0.2) is 0 Å². The Balaban J connectivity index is -0.0000000844. The van der Waals surface area contributed by atoms with E-state index in [1.807, 2.05) is 6.92 Å². The van der Waals surface area contributed by atoms with Crippen LogP contribution in [0.1, 0.15) is 53.4 Å². The van der Waals surface area contributed by atoms with Crippen molar-refractivity contribution >= 4 is 16.5 Å². The maximum atomic E-state index is 9.00. The summed E-state index contributed by atoms with van der Waals surface area (Å²) in [7, 11) is 3.00. The first-order valence-corrected chi connectivity index (χ1v) is 6.20. The number of halogens is 1. The van der Waals surface area contributed by atoms with E-state index < -0.39 is 0 Å². The lowest BCUT2D eigenvalue weighted by Crippen LogP contribution is -1.93. The molecular formula is C12H28B2FO2. The molecule has 0 spiro atoms.